The van der Waals surface area contributed by atoms with Crippen molar-refractivity contribution in [2.45, 2.75) is 0 Å². The topological polar surface area (TPSA) is 111 Å². The number of aromatic nitrogens is 2. The highest BCUT2D eigenvalue weighted by atomic mass is 16.5. The van der Waals surface area contributed by atoms with Crippen LogP contribution in [0.4, 0.5) is 11.5 Å². The zero-order valence-electron chi connectivity index (χ0n) is 8.79. The van der Waals surface area contributed by atoms with Gasteiger partial charge in [-0.1, -0.05) is 0 Å². The molecule has 84 valence electrons. The van der Waals surface area contributed by atoms with Gasteiger partial charge in [-0.3, -0.25) is 0 Å². The molecule has 2 aromatic rings. The van der Waals surface area contributed by atoms with Gasteiger partial charge >= 0.3 is 0 Å². The summed E-state index contributed by atoms with van der Waals surface area (Å²) in [6.45, 7) is 0. The fraction of sp³-hybridized carbons (Fsp3) is 0. The van der Waals surface area contributed by atoms with Crippen molar-refractivity contribution < 1.29 is 4.74 Å². The normalized spacial score (nSPS) is 9.59. The Labute approximate surface area is 97.5 Å². The van der Waals surface area contributed by atoms with Gasteiger partial charge in [0.1, 0.15) is 24.0 Å². The van der Waals surface area contributed by atoms with Gasteiger partial charge in [0.2, 0.25) is 5.88 Å². The third-order valence-electron chi connectivity index (χ3n) is 2.05. The Morgan fingerprint density at radius 3 is 2.47 bits per heavy atom. The molecule has 1 heterocycles. The van der Waals surface area contributed by atoms with Gasteiger partial charge < -0.3 is 16.2 Å². The summed E-state index contributed by atoms with van der Waals surface area (Å²) in [5.74, 6) is 0.742. The van der Waals surface area contributed by atoms with Crippen molar-refractivity contribution in [3.63, 3.8) is 0 Å². The van der Waals surface area contributed by atoms with E-state index < -0.39 is 0 Å². The van der Waals surface area contributed by atoms with Gasteiger partial charge in [-0.15, -0.1) is 0 Å². The summed E-state index contributed by atoms with van der Waals surface area (Å²) in [5, 5.41) is 8.91. The molecule has 0 spiro atoms. The molecule has 0 atom stereocenters. The molecule has 0 bridgehead atoms. The highest BCUT2D eigenvalue weighted by Crippen LogP contribution is 2.25. The van der Waals surface area contributed by atoms with Gasteiger partial charge in [0.25, 0.3) is 0 Å². The maximum Gasteiger partial charge on any atom is 0.242 e. The molecule has 6 nitrogen and oxygen atoms in total. The second-order valence-corrected chi connectivity index (χ2v) is 3.22. The highest BCUT2D eigenvalue weighted by Gasteiger charge is 2.10. The second kappa shape index (κ2) is 4.37. The Morgan fingerprint density at radius 2 is 1.82 bits per heavy atom. The predicted molar refractivity (Wildman–Crippen MR) is 62.1 cm³/mol. The number of benzene rings is 1. The van der Waals surface area contributed by atoms with Crippen molar-refractivity contribution in [1.29, 1.82) is 5.26 Å². The Hall–Kier alpha value is -2.81. The molecule has 0 saturated heterocycles. The van der Waals surface area contributed by atoms with Crippen LogP contribution >= 0.6 is 0 Å². The Morgan fingerprint density at radius 1 is 1.12 bits per heavy atom. The van der Waals surface area contributed by atoms with Gasteiger partial charge in [0.15, 0.2) is 5.56 Å². The van der Waals surface area contributed by atoms with Gasteiger partial charge in [0.05, 0.1) is 0 Å². The largest absolute Gasteiger partial charge is 0.437 e. The quantitative estimate of drug-likeness (QED) is 0.748. The number of nitrogens with two attached hydrogens (primary N) is 2. The summed E-state index contributed by atoms with van der Waals surface area (Å²) in [6, 6.07) is 8.62. The van der Waals surface area contributed by atoms with Gasteiger partial charge in [-0.2, -0.15) is 5.26 Å². The molecule has 2 rings (SSSR count). The molecule has 1 aromatic heterocycles. The lowest BCUT2D eigenvalue weighted by Crippen LogP contribution is -1.99. The number of nitrogens with zero attached hydrogens (tertiary/aromatic N) is 3. The van der Waals surface area contributed by atoms with Crippen molar-refractivity contribution >= 4 is 11.5 Å². The van der Waals surface area contributed by atoms with Crippen molar-refractivity contribution in [2.24, 2.45) is 0 Å². The first-order chi connectivity index (χ1) is 8.20. The number of nitriles is 1. The first kappa shape index (κ1) is 10.7. The van der Waals surface area contributed by atoms with Crippen LogP contribution in [0.1, 0.15) is 5.56 Å². The fourth-order valence-corrected chi connectivity index (χ4v) is 1.21. The van der Waals surface area contributed by atoms with Crippen LogP contribution in [-0.2, 0) is 0 Å². The molecule has 0 aliphatic carbocycles. The van der Waals surface area contributed by atoms with Gasteiger partial charge in [-0.05, 0) is 24.3 Å². The van der Waals surface area contributed by atoms with Crippen LogP contribution in [0.2, 0.25) is 0 Å². The Bertz CT molecular complexity index is 573. The van der Waals surface area contributed by atoms with Crippen LogP contribution in [0.15, 0.2) is 30.6 Å². The van der Waals surface area contributed by atoms with E-state index in [0.717, 1.165) is 0 Å². The molecule has 1 aromatic carbocycles. The molecule has 0 aliphatic rings. The summed E-state index contributed by atoms with van der Waals surface area (Å²) in [7, 11) is 0. The van der Waals surface area contributed by atoms with E-state index in [9.17, 15) is 0 Å². The molecule has 0 fully saturated rings. The average molecular weight is 227 g/mol. The molecular weight excluding hydrogens is 218 g/mol. The molecule has 0 saturated carbocycles. The first-order valence-electron chi connectivity index (χ1n) is 4.74. The van der Waals surface area contributed by atoms with Crippen LogP contribution in [0.3, 0.4) is 0 Å². The SMILES string of the molecule is N#Cc1c(N)ncnc1Oc1ccc(N)cc1. The summed E-state index contributed by atoms with van der Waals surface area (Å²) >= 11 is 0. The summed E-state index contributed by atoms with van der Waals surface area (Å²) in [4.78, 5) is 7.57. The number of nitrogen functional groups attached to an aromatic ring is 2. The predicted octanol–water partition coefficient (Wildman–Crippen LogP) is 1.30. The van der Waals surface area contributed by atoms with Crippen LogP contribution in [0.25, 0.3) is 0 Å². The van der Waals surface area contributed by atoms with Crippen LogP contribution in [-0.4, -0.2) is 9.97 Å². The molecule has 0 unspecified atom stereocenters. The number of ether oxygens (including phenoxy) is 1. The molecule has 6 heteroatoms. The number of hydrogen-bond donors (Lipinski definition) is 2. The van der Waals surface area contributed by atoms with Crippen LogP contribution < -0.4 is 16.2 Å². The smallest absolute Gasteiger partial charge is 0.242 e. The Kier molecular flexibility index (Phi) is 2.75. The van der Waals surface area contributed by atoms with E-state index in [4.69, 9.17) is 21.5 Å². The minimum absolute atomic E-state index is 0.0907. The molecule has 4 N–H and O–H groups in total. The molecule has 0 aliphatic heterocycles. The van der Waals surface area contributed by atoms with E-state index in [1.807, 2.05) is 6.07 Å². The van der Waals surface area contributed by atoms with Crippen molar-refractivity contribution in [2.75, 3.05) is 11.5 Å². The summed E-state index contributed by atoms with van der Waals surface area (Å²) in [5.41, 5.74) is 11.8. The lowest BCUT2D eigenvalue weighted by Gasteiger charge is -2.06. The third-order valence-corrected chi connectivity index (χ3v) is 2.05. The zero-order valence-corrected chi connectivity index (χ0v) is 8.79. The van der Waals surface area contributed by atoms with E-state index in [1.54, 1.807) is 24.3 Å². The minimum Gasteiger partial charge on any atom is -0.437 e. The molecule has 0 radical (unpaired) electrons. The molecular formula is C11H9N5O. The maximum atomic E-state index is 8.91. The van der Waals surface area contributed by atoms with E-state index >= 15 is 0 Å². The van der Waals surface area contributed by atoms with Crippen molar-refractivity contribution in [1.82, 2.24) is 9.97 Å². The minimum atomic E-state index is 0.0907. The summed E-state index contributed by atoms with van der Waals surface area (Å²) < 4.78 is 5.43. The van der Waals surface area contributed by atoms with Crippen molar-refractivity contribution in [3.8, 4) is 17.7 Å². The monoisotopic (exact) mass is 227 g/mol. The van der Waals surface area contributed by atoms with E-state index in [-0.39, 0.29) is 17.3 Å². The number of rotatable bonds is 2. The fourth-order valence-electron chi connectivity index (χ4n) is 1.21. The maximum absolute atomic E-state index is 8.91. The van der Waals surface area contributed by atoms with Crippen LogP contribution in [0.5, 0.6) is 11.6 Å². The van der Waals surface area contributed by atoms with E-state index in [1.165, 1.54) is 6.33 Å². The Balaban J connectivity index is 2.34. The lowest BCUT2D eigenvalue weighted by molar-refractivity contribution is 0.460. The number of anilines is 2. The van der Waals surface area contributed by atoms with Gasteiger partial charge in [0, 0.05) is 5.69 Å². The molecule has 0 amide bonds. The molecule has 17 heavy (non-hydrogen) atoms. The van der Waals surface area contributed by atoms with Crippen molar-refractivity contribution in [3.05, 3.63) is 36.2 Å². The highest BCUT2D eigenvalue weighted by molar-refractivity contribution is 5.54. The van der Waals surface area contributed by atoms with Gasteiger partial charge in [-0.25, -0.2) is 9.97 Å². The van der Waals surface area contributed by atoms with E-state index in [0.29, 0.717) is 11.4 Å². The summed E-state index contributed by atoms with van der Waals surface area (Å²) in [6.07, 6.45) is 1.24. The zero-order chi connectivity index (χ0) is 12.3. The number of hydrogen-bond acceptors (Lipinski definition) is 6. The standard InChI is InChI=1S/C11H9N5O/c12-5-9-10(14)15-6-16-11(9)17-8-3-1-7(13)2-4-8/h1-4,6H,13H2,(H2,14,15,16). The average Bonchev–Trinajstić information content (AvgIpc) is 2.32. The van der Waals surface area contributed by atoms with E-state index in [2.05, 4.69) is 9.97 Å². The third kappa shape index (κ3) is 2.23. The second-order valence-electron chi connectivity index (χ2n) is 3.22. The first-order valence-corrected chi connectivity index (χ1v) is 4.74. The lowest BCUT2D eigenvalue weighted by atomic mass is 10.3. The van der Waals surface area contributed by atoms with Crippen LogP contribution in [0, 0.1) is 11.3 Å².